The Balaban J connectivity index is 2.00. The molecule has 120 valence electrons. The van der Waals surface area contributed by atoms with Gasteiger partial charge in [0.2, 0.25) is 5.91 Å². The van der Waals surface area contributed by atoms with Gasteiger partial charge in [-0.15, -0.1) is 0 Å². The van der Waals surface area contributed by atoms with E-state index in [1.54, 1.807) is 30.3 Å². The number of hydrogen-bond acceptors (Lipinski definition) is 4. The molecule has 2 rings (SSSR count). The fraction of sp³-hybridized carbons (Fsp3) is 0.133. The number of primary amides is 1. The first-order valence-corrected chi connectivity index (χ1v) is 6.77. The van der Waals surface area contributed by atoms with Gasteiger partial charge in [-0.2, -0.15) is 0 Å². The summed E-state index contributed by atoms with van der Waals surface area (Å²) in [5.74, 6) is -1.76. The Kier molecular flexibility index (Phi) is 5.11. The second kappa shape index (κ2) is 7.23. The molecule has 8 heteroatoms. The number of hydrogen-bond donors (Lipinski definition) is 5. The summed E-state index contributed by atoms with van der Waals surface area (Å²) in [4.78, 5) is 37.6. The summed E-state index contributed by atoms with van der Waals surface area (Å²) < 4.78 is 0. The fourth-order valence-electron chi connectivity index (χ4n) is 1.86. The van der Waals surface area contributed by atoms with Crippen LogP contribution >= 0.6 is 0 Å². The number of H-pyrrole nitrogens is 1. The van der Waals surface area contributed by atoms with E-state index in [0.29, 0.717) is 11.3 Å². The first-order chi connectivity index (χ1) is 11.0. The molecule has 3 amide bonds. The first kappa shape index (κ1) is 16.2. The number of nitrogens with one attached hydrogen (secondary N) is 3. The van der Waals surface area contributed by atoms with Crippen molar-refractivity contribution in [3.05, 3.63) is 53.9 Å². The quantitative estimate of drug-likeness (QED) is 0.505. The molecule has 8 nitrogen and oxygen atoms in total. The normalized spacial score (nSPS) is 11.5. The Hall–Kier alpha value is -3.13. The predicted octanol–water partition coefficient (Wildman–Crippen LogP) is -0.157. The highest BCUT2D eigenvalue weighted by Crippen LogP contribution is 2.09. The molecule has 1 atom stereocenters. The minimum absolute atomic E-state index is 0.133. The minimum atomic E-state index is -1.13. The second-order valence-electron chi connectivity index (χ2n) is 4.73. The van der Waals surface area contributed by atoms with Gasteiger partial charge in [0.05, 0.1) is 12.3 Å². The number of amides is 3. The van der Waals surface area contributed by atoms with Crippen LogP contribution in [-0.2, 0) is 4.79 Å². The first-order valence-electron chi connectivity index (χ1n) is 6.77. The average Bonchev–Trinajstić information content (AvgIpc) is 3.01. The van der Waals surface area contributed by atoms with Crippen molar-refractivity contribution in [3.63, 3.8) is 0 Å². The summed E-state index contributed by atoms with van der Waals surface area (Å²) in [6, 6.07) is 8.54. The number of anilines is 1. The summed E-state index contributed by atoms with van der Waals surface area (Å²) in [6.07, 6.45) is 1.38. The number of aliphatic hydroxyl groups excluding tert-OH is 1. The number of carbonyl (C=O) groups is 3. The number of carbonyl (C=O) groups excluding carboxylic acids is 3. The van der Waals surface area contributed by atoms with Crippen LogP contribution in [0.1, 0.15) is 20.8 Å². The minimum Gasteiger partial charge on any atom is -0.394 e. The van der Waals surface area contributed by atoms with Crippen LogP contribution in [0.4, 0.5) is 5.69 Å². The number of benzene rings is 1. The maximum absolute atomic E-state index is 12.1. The van der Waals surface area contributed by atoms with Crippen molar-refractivity contribution in [1.29, 1.82) is 0 Å². The lowest BCUT2D eigenvalue weighted by molar-refractivity contribution is -0.118. The van der Waals surface area contributed by atoms with Crippen molar-refractivity contribution < 1.29 is 19.5 Å². The third-order valence-electron chi connectivity index (χ3n) is 3.06. The summed E-state index contributed by atoms with van der Waals surface area (Å²) in [5.41, 5.74) is 5.90. The van der Waals surface area contributed by atoms with Crippen molar-refractivity contribution in [2.45, 2.75) is 6.04 Å². The molecule has 1 aromatic carbocycles. The second-order valence-corrected chi connectivity index (χ2v) is 4.73. The molecule has 1 heterocycles. The molecule has 0 aliphatic carbocycles. The van der Waals surface area contributed by atoms with Crippen LogP contribution in [0.25, 0.3) is 0 Å². The summed E-state index contributed by atoms with van der Waals surface area (Å²) in [6.45, 7) is -0.572. The van der Waals surface area contributed by atoms with Gasteiger partial charge in [-0.3, -0.25) is 14.4 Å². The van der Waals surface area contributed by atoms with E-state index in [-0.39, 0.29) is 5.69 Å². The standard InChI is InChI=1S/C15H16N4O4/c16-13(21)11-6-10(7-17-11)18-15(23)12(8-20)19-14(22)9-4-2-1-3-5-9/h1-7,12,17,20H,8H2,(H2,16,21)(H,18,23)(H,19,22). The molecule has 6 N–H and O–H groups in total. The van der Waals surface area contributed by atoms with Gasteiger partial charge < -0.3 is 26.5 Å². The number of rotatable bonds is 6. The highest BCUT2D eigenvalue weighted by atomic mass is 16.3. The molecule has 0 aliphatic rings. The summed E-state index contributed by atoms with van der Waals surface area (Å²) >= 11 is 0. The Morgan fingerprint density at radius 3 is 2.48 bits per heavy atom. The van der Waals surface area contributed by atoms with Gasteiger partial charge in [0.25, 0.3) is 11.8 Å². The van der Waals surface area contributed by atoms with E-state index in [0.717, 1.165) is 0 Å². The lowest BCUT2D eigenvalue weighted by Gasteiger charge is -2.15. The predicted molar refractivity (Wildman–Crippen MR) is 82.7 cm³/mol. The van der Waals surface area contributed by atoms with E-state index in [2.05, 4.69) is 15.6 Å². The third-order valence-corrected chi connectivity index (χ3v) is 3.06. The SMILES string of the molecule is NC(=O)c1cc(NC(=O)C(CO)NC(=O)c2ccccc2)c[nH]1. The van der Waals surface area contributed by atoms with E-state index in [4.69, 9.17) is 5.73 Å². The van der Waals surface area contributed by atoms with Crippen LogP contribution in [0.2, 0.25) is 0 Å². The number of aromatic amines is 1. The van der Waals surface area contributed by atoms with Gasteiger partial charge in [-0.1, -0.05) is 18.2 Å². The highest BCUT2D eigenvalue weighted by molar-refractivity contribution is 6.01. The molecule has 1 unspecified atom stereocenters. The van der Waals surface area contributed by atoms with Crippen molar-refractivity contribution >= 4 is 23.4 Å². The van der Waals surface area contributed by atoms with E-state index in [9.17, 15) is 19.5 Å². The van der Waals surface area contributed by atoms with Gasteiger partial charge in [-0.25, -0.2) is 0 Å². The van der Waals surface area contributed by atoms with Crippen LogP contribution in [0.15, 0.2) is 42.6 Å². The molecular formula is C15H16N4O4. The smallest absolute Gasteiger partial charge is 0.265 e. The van der Waals surface area contributed by atoms with Crippen molar-refractivity contribution in [2.24, 2.45) is 5.73 Å². The number of nitrogens with two attached hydrogens (primary N) is 1. The molecule has 0 fully saturated rings. The molecule has 0 saturated carbocycles. The maximum Gasteiger partial charge on any atom is 0.265 e. The van der Waals surface area contributed by atoms with Crippen LogP contribution < -0.4 is 16.4 Å². The Bertz CT molecular complexity index is 711. The zero-order valence-corrected chi connectivity index (χ0v) is 12.1. The van der Waals surface area contributed by atoms with Crippen LogP contribution in [0.3, 0.4) is 0 Å². The average molecular weight is 316 g/mol. The lowest BCUT2D eigenvalue weighted by Crippen LogP contribution is -2.46. The van der Waals surface area contributed by atoms with E-state index in [1.165, 1.54) is 12.3 Å². The molecule has 0 radical (unpaired) electrons. The van der Waals surface area contributed by atoms with Crippen molar-refractivity contribution in [1.82, 2.24) is 10.3 Å². The van der Waals surface area contributed by atoms with Gasteiger partial charge in [0.1, 0.15) is 11.7 Å². The van der Waals surface area contributed by atoms with E-state index < -0.39 is 30.4 Å². The van der Waals surface area contributed by atoms with E-state index in [1.807, 2.05) is 0 Å². The zero-order chi connectivity index (χ0) is 16.8. The van der Waals surface area contributed by atoms with Gasteiger partial charge in [-0.05, 0) is 18.2 Å². The Morgan fingerprint density at radius 2 is 1.91 bits per heavy atom. The molecule has 2 aromatic rings. The van der Waals surface area contributed by atoms with Crippen molar-refractivity contribution in [2.75, 3.05) is 11.9 Å². The molecule has 23 heavy (non-hydrogen) atoms. The Labute approximate surface area is 131 Å². The molecule has 1 aromatic heterocycles. The monoisotopic (exact) mass is 316 g/mol. The summed E-state index contributed by atoms with van der Waals surface area (Å²) in [5, 5.41) is 14.2. The van der Waals surface area contributed by atoms with Crippen molar-refractivity contribution in [3.8, 4) is 0 Å². The van der Waals surface area contributed by atoms with E-state index >= 15 is 0 Å². The molecule has 0 bridgehead atoms. The maximum atomic E-state index is 12.1. The lowest BCUT2D eigenvalue weighted by atomic mass is 10.2. The number of aliphatic hydroxyl groups is 1. The fourth-order valence-corrected chi connectivity index (χ4v) is 1.86. The van der Waals surface area contributed by atoms with Gasteiger partial charge in [0.15, 0.2) is 0 Å². The summed E-state index contributed by atoms with van der Waals surface area (Å²) in [7, 11) is 0. The largest absolute Gasteiger partial charge is 0.394 e. The molecule has 0 saturated heterocycles. The molecule has 0 aliphatic heterocycles. The highest BCUT2D eigenvalue weighted by Gasteiger charge is 2.21. The van der Waals surface area contributed by atoms with Crippen LogP contribution in [-0.4, -0.2) is 40.5 Å². The van der Waals surface area contributed by atoms with Gasteiger partial charge in [0, 0.05) is 11.8 Å². The molecule has 0 spiro atoms. The molecular weight excluding hydrogens is 300 g/mol. The van der Waals surface area contributed by atoms with Gasteiger partial charge >= 0.3 is 0 Å². The van der Waals surface area contributed by atoms with Crippen LogP contribution in [0.5, 0.6) is 0 Å². The number of aromatic nitrogens is 1. The van der Waals surface area contributed by atoms with Crippen LogP contribution in [0, 0.1) is 0 Å². The Morgan fingerprint density at radius 1 is 1.22 bits per heavy atom. The zero-order valence-electron chi connectivity index (χ0n) is 12.1. The third kappa shape index (κ3) is 4.17. The topological polar surface area (TPSA) is 137 Å².